The summed E-state index contributed by atoms with van der Waals surface area (Å²) in [6, 6.07) is 5.96. The van der Waals surface area contributed by atoms with Crippen LogP contribution in [-0.4, -0.2) is 19.5 Å². The van der Waals surface area contributed by atoms with Gasteiger partial charge in [-0.2, -0.15) is 0 Å². The van der Waals surface area contributed by atoms with Crippen molar-refractivity contribution < 1.29 is 9.47 Å². The fraction of sp³-hybridized carbons (Fsp3) is 0.333. The van der Waals surface area contributed by atoms with Crippen LogP contribution in [0, 0.1) is 0 Å². The van der Waals surface area contributed by atoms with Gasteiger partial charge in [-0.1, -0.05) is 6.07 Å². The highest BCUT2D eigenvalue weighted by Gasteiger charge is 2.14. The van der Waals surface area contributed by atoms with Crippen LogP contribution in [0.1, 0.15) is 0 Å². The lowest BCUT2D eigenvalue weighted by atomic mass is 10.3. The first-order valence-corrected chi connectivity index (χ1v) is 5.07. The molecule has 0 aromatic heterocycles. The highest BCUT2D eigenvalue weighted by molar-refractivity contribution is 7.98. The zero-order valence-electron chi connectivity index (χ0n) is 6.87. The number of fused-ring (bicyclic) bond motifs is 1. The van der Waals surface area contributed by atoms with Gasteiger partial charge >= 0.3 is 0 Å². The molecule has 0 N–H and O–H groups in total. The molecule has 1 aromatic carbocycles. The van der Waals surface area contributed by atoms with Crippen LogP contribution in [0.4, 0.5) is 0 Å². The molecule has 0 aliphatic carbocycles. The molecule has 0 bridgehead atoms. The third-order valence-corrected chi connectivity index (χ3v) is 2.51. The highest BCUT2D eigenvalue weighted by Crippen LogP contribution is 2.38. The predicted octanol–water partition coefficient (Wildman–Crippen LogP) is 2.18. The first kappa shape index (κ1) is 7.80. The summed E-state index contributed by atoms with van der Waals surface area (Å²) in [6.45, 7) is 1.31. The monoisotopic (exact) mass is 182 g/mol. The summed E-state index contributed by atoms with van der Waals surface area (Å²) in [5, 5.41) is 0. The molecule has 0 spiro atoms. The Balaban J connectivity index is 2.44. The molecule has 0 amide bonds. The van der Waals surface area contributed by atoms with Gasteiger partial charge in [0, 0.05) is 0 Å². The minimum atomic E-state index is 0.657. The van der Waals surface area contributed by atoms with Gasteiger partial charge in [0.05, 0.1) is 4.90 Å². The second-order valence-corrected chi connectivity index (χ2v) is 3.33. The zero-order valence-corrected chi connectivity index (χ0v) is 7.69. The molecular weight excluding hydrogens is 172 g/mol. The van der Waals surface area contributed by atoms with E-state index in [9.17, 15) is 0 Å². The van der Waals surface area contributed by atoms with Gasteiger partial charge in [-0.05, 0) is 18.4 Å². The van der Waals surface area contributed by atoms with E-state index in [1.54, 1.807) is 11.8 Å². The Morgan fingerprint density at radius 1 is 1.25 bits per heavy atom. The molecule has 1 aliphatic rings. The van der Waals surface area contributed by atoms with Gasteiger partial charge in [0.2, 0.25) is 0 Å². The van der Waals surface area contributed by atoms with E-state index in [0.717, 1.165) is 16.4 Å². The SMILES string of the molecule is CSc1cccc2c1OCCO2. The fourth-order valence-electron chi connectivity index (χ4n) is 1.21. The molecule has 3 heteroatoms. The highest BCUT2D eigenvalue weighted by atomic mass is 32.2. The first-order valence-electron chi connectivity index (χ1n) is 3.84. The molecule has 0 unspecified atom stereocenters. The van der Waals surface area contributed by atoms with E-state index in [2.05, 4.69) is 0 Å². The van der Waals surface area contributed by atoms with Gasteiger partial charge in [-0.25, -0.2) is 0 Å². The van der Waals surface area contributed by atoms with Crippen molar-refractivity contribution in [2.24, 2.45) is 0 Å². The van der Waals surface area contributed by atoms with Crippen LogP contribution in [0.2, 0.25) is 0 Å². The number of ether oxygens (including phenoxy) is 2. The van der Waals surface area contributed by atoms with Crippen LogP contribution in [-0.2, 0) is 0 Å². The fourth-order valence-corrected chi connectivity index (χ4v) is 1.77. The van der Waals surface area contributed by atoms with Crippen molar-refractivity contribution in [2.45, 2.75) is 4.90 Å². The largest absolute Gasteiger partial charge is 0.486 e. The predicted molar refractivity (Wildman–Crippen MR) is 49.2 cm³/mol. The molecule has 64 valence electrons. The molecule has 0 atom stereocenters. The van der Waals surface area contributed by atoms with Crippen molar-refractivity contribution in [1.29, 1.82) is 0 Å². The van der Waals surface area contributed by atoms with Crippen molar-refractivity contribution in [2.75, 3.05) is 19.5 Å². The molecule has 0 fully saturated rings. The summed E-state index contributed by atoms with van der Waals surface area (Å²) < 4.78 is 10.9. The molecule has 0 saturated heterocycles. The van der Waals surface area contributed by atoms with Crippen LogP contribution in [0.25, 0.3) is 0 Å². The quantitative estimate of drug-likeness (QED) is 0.620. The topological polar surface area (TPSA) is 18.5 Å². The van der Waals surface area contributed by atoms with Crippen molar-refractivity contribution in [3.8, 4) is 11.5 Å². The Labute approximate surface area is 75.9 Å². The van der Waals surface area contributed by atoms with Gasteiger partial charge in [-0.3, -0.25) is 0 Å². The lowest BCUT2D eigenvalue weighted by Gasteiger charge is -2.19. The Bertz CT molecular complexity index is 272. The Kier molecular flexibility index (Phi) is 2.13. The molecule has 2 rings (SSSR count). The maximum Gasteiger partial charge on any atom is 0.174 e. The van der Waals surface area contributed by atoms with E-state index < -0.39 is 0 Å². The molecule has 1 aliphatic heterocycles. The number of para-hydroxylation sites is 1. The zero-order chi connectivity index (χ0) is 8.39. The number of thioether (sulfide) groups is 1. The lowest BCUT2D eigenvalue weighted by molar-refractivity contribution is 0.167. The van der Waals surface area contributed by atoms with Crippen LogP contribution < -0.4 is 9.47 Å². The smallest absolute Gasteiger partial charge is 0.174 e. The van der Waals surface area contributed by atoms with Crippen molar-refractivity contribution in [3.63, 3.8) is 0 Å². The molecule has 0 radical (unpaired) electrons. The van der Waals surface area contributed by atoms with E-state index in [0.29, 0.717) is 13.2 Å². The van der Waals surface area contributed by atoms with Crippen LogP contribution in [0.15, 0.2) is 23.1 Å². The maximum absolute atomic E-state index is 5.50. The average Bonchev–Trinajstić information content (AvgIpc) is 2.17. The normalized spacial score (nSPS) is 14.4. The summed E-state index contributed by atoms with van der Waals surface area (Å²) in [4.78, 5) is 1.15. The number of hydrogen-bond acceptors (Lipinski definition) is 3. The van der Waals surface area contributed by atoms with E-state index in [1.807, 2.05) is 24.5 Å². The number of rotatable bonds is 1. The summed E-state index contributed by atoms with van der Waals surface area (Å²) in [6.07, 6.45) is 2.04. The average molecular weight is 182 g/mol. The van der Waals surface area contributed by atoms with E-state index >= 15 is 0 Å². The van der Waals surface area contributed by atoms with Crippen LogP contribution in [0.3, 0.4) is 0 Å². The number of hydrogen-bond donors (Lipinski definition) is 0. The summed E-state index contributed by atoms with van der Waals surface area (Å²) in [5.41, 5.74) is 0. The van der Waals surface area contributed by atoms with Crippen molar-refractivity contribution in [1.82, 2.24) is 0 Å². The third-order valence-electron chi connectivity index (χ3n) is 1.75. The molecular formula is C9H10O2S. The van der Waals surface area contributed by atoms with E-state index in [4.69, 9.17) is 9.47 Å². The molecule has 2 nitrogen and oxygen atoms in total. The van der Waals surface area contributed by atoms with Gasteiger partial charge in [0.25, 0.3) is 0 Å². The summed E-state index contributed by atoms with van der Waals surface area (Å²) in [5.74, 6) is 1.77. The minimum Gasteiger partial charge on any atom is -0.486 e. The van der Waals surface area contributed by atoms with Gasteiger partial charge in [0.1, 0.15) is 13.2 Å². The Morgan fingerprint density at radius 3 is 2.92 bits per heavy atom. The van der Waals surface area contributed by atoms with E-state index in [1.165, 1.54) is 0 Å². The molecule has 1 aromatic rings. The number of benzene rings is 1. The third kappa shape index (κ3) is 1.25. The molecule has 0 saturated carbocycles. The van der Waals surface area contributed by atoms with Gasteiger partial charge in [0.15, 0.2) is 11.5 Å². The van der Waals surface area contributed by atoms with Gasteiger partial charge < -0.3 is 9.47 Å². The van der Waals surface area contributed by atoms with Crippen molar-refractivity contribution in [3.05, 3.63) is 18.2 Å². The Morgan fingerprint density at radius 2 is 2.08 bits per heavy atom. The summed E-state index contributed by atoms with van der Waals surface area (Å²) in [7, 11) is 0. The van der Waals surface area contributed by atoms with Crippen molar-refractivity contribution >= 4 is 11.8 Å². The standard InChI is InChI=1S/C9H10O2S/c1-12-8-4-2-3-7-9(8)11-6-5-10-7/h2-4H,5-6H2,1H3. The second kappa shape index (κ2) is 3.27. The molecule has 12 heavy (non-hydrogen) atoms. The molecule has 1 heterocycles. The van der Waals surface area contributed by atoms with Crippen LogP contribution >= 0.6 is 11.8 Å². The van der Waals surface area contributed by atoms with Crippen LogP contribution in [0.5, 0.6) is 11.5 Å². The summed E-state index contributed by atoms with van der Waals surface area (Å²) >= 11 is 1.68. The second-order valence-electron chi connectivity index (χ2n) is 2.48. The Hall–Kier alpha value is -0.830. The lowest BCUT2D eigenvalue weighted by Crippen LogP contribution is -2.15. The first-order chi connectivity index (χ1) is 5.92. The maximum atomic E-state index is 5.50. The minimum absolute atomic E-state index is 0.657. The van der Waals surface area contributed by atoms with Gasteiger partial charge in [-0.15, -0.1) is 11.8 Å². The van der Waals surface area contributed by atoms with E-state index in [-0.39, 0.29) is 0 Å².